The van der Waals surface area contributed by atoms with E-state index in [-0.39, 0.29) is 11.4 Å². The number of rotatable bonds is 6. The molecule has 0 aromatic heterocycles. The Kier molecular flexibility index (Phi) is 5.38. The second-order valence-electron chi connectivity index (χ2n) is 4.66. The van der Waals surface area contributed by atoms with Crippen LogP contribution in [0.3, 0.4) is 0 Å². The first-order valence-electron chi connectivity index (χ1n) is 6.94. The second kappa shape index (κ2) is 7.10. The van der Waals surface area contributed by atoms with Crippen molar-refractivity contribution in [2.45, 2.75) is 11.8 Å². The summed E-state index contributed by atoms with van der Waals surface area (Å²) < 4.78 is 37.1. The molecule has 0 radical (unpaired) electrons. The Hall–Kier alpha value is -1.92. The smallest absolute Gasteiger partial charge is 0.264 e. The van der Waals surface area contributed by atoms with E-state index in [9.17, 15) is 8.42 Å². The molecule has 0 saturated carbocycles. The first kappa shape index (κ1) is 17.4. The van der Waals surface area contributed by atoms with Crippen molar-refractivity contribution in [2.24, 2.45) is 0 Å². The molecule has 0 aliphatic rings. The molecule has 0 aliphatic heterocycles. The van der Waals surface area contributed by atoms with Crippen LogP contribution >= 0.6 is 11.6 Å². The molecule has 0 spiro atoms. The molecule has 0 N–H and O–H groups in total. The van der Waals surface area contributed by atoms with Crippen LogP contribution in [0.5, 0.6) is 11.5 Å². The van der Waals surface area contributed by atoms with Gasteiger partial charge in [-0.3, -0.25) is 4.31 Å². The van der Waals surface area contributed by atoms with E-state index in [1.165, 1.54) is 30.7 Å². The molecule has 2 aromatic carbocycles. The highest BCUT2D eigenvalue weighted by molar-refractivity contribution is 7.92. The van der Waals surface area contributed by atoms with Gasteiger partial charge in [-0.15, -0.1) is 0 Å². The zero-order valence-electron chi connectivity index (χ0n) is 13.1. The average Bonchev–Trinajstić information content (AvgIpc) is 2.55. The highest BCUT2D eigenvalue weighted by Crippen LogP contribution is 2.32. The molecule has 0 bridgehead atoms. The Morgan fingerprint density at radius 2 is 1.70 bits per heavy atom. The predicted molar refractivity (Wildman–Crippen MR) is 91.2 cm³/mol. The molecule has 2 aromatic rings. The second-order valence-corrected chi connectivity index (χ2v) is 6.93. The van der Waals surface area contributed by atoms with Gasteiger partial charge in [-0.2, -0.15) is 0 Å². The van der Waals surface area contributed by atoms with Gasteiger partial charge in [0.05, 0.1) is 29.8 Å². The Balaban J connectivity index is 2.43. The molecular weight excluding hydrogens is 338 g/mol. The van der Waals surface area contributed by atoms with Gasteiger partial charge >= 0.3 is 0 Å². The van der Waals surface area contributed by atoms with Crippen molar-refractivity contribution in [2.75, 3.05) is 25.1 Å². The maximum Gasteiger partial charge on any atom is 0.264 e. The largest absolute Gasteiger partial charge is 0.497 e. The summed E-state index contributed by atoms with van der Waals surface area (Å²) in [7, 11) is -0.652. The third-order valence-electron chi connectivity index (χ3n) is 3.36. The van der Waals surface area contributed by atoms with Gasteiger partial charge in [0.25, 0.3) is 10.0 Å². The minimum atomic E-state index is -3.69. The molecule has 124 valence electrons. The topological polar surface area (TPSA) is 55.8 Å². The van der Waals surface area contributed by atoms with E-state index < -0.39 is 10.0 Å². The van der Waals surface area contributed by atoms with Gasteiger partial charge in [-0.1, -0.05) is 11.6 Å². The number of hydrogen-bond donors (Lipinski definition) is 0. The van der Waals surface area contributed by atoms with Gasteiger partial charge in [0, 0.05) is 6.54 Å². The van der Waals surface area contributed by atoms with Crippen LogP contribution in [0, 0.1) is 0 Å². The van der Waals surface area contributed by atoms with E-state index in [2.05, 4.69) is 0 Å². The summed E-state index contributed by atoms with van der Waals surface area (Å²) in [5, 5.41) is 0.355. The first-order chi connectivity index (χ1) is 10.9. The van der Waals surface area contributed by atoms with E-state index in [0.717, 1.165) is 0 Å². The van der Waals surface area contributed by atoms with Gasteiger partial charge < -0.3 is 9.47 Å². The fourth-order valence-corrected chi connectivity index (χ4v) is 3.89. The Bertz CT molecular complexity index is 775. The standard InChI is InChI=1S/C16H18ClNO4S/c1-4-18(12-5-10-16(22-3)15(17)11-12)23(19,20)14-8-6-13(21-2)7-9-14/h5-11H,4H2,1-3H3. The van der Waals surface area contributed by atoms with Gasteiger partial charge in [-0.25, -0.2) is 8.42 Å². The average molecular weight is 356 g/mol. The van der Waals surface area contributed by atoms with Crippen LogP contribution in [0.2, 0.25) is 5.02 Å². The van der Waals surface area contributed by atoms with Gasteiger partial charge in [-0.05, 0) is 49.4 Å². The number of anilines is 1. The van der Waals surface area contributed by atoms with E-state index in [4.69, 9.17) is 21.1 Å². The third kappa shape index (κ3) is 3.54. The molecule has 0 amide bonds. The van der Waals surface area contributed by atoms with Crippen LogP contribution in [-0.4, -0.2) is 29.2 Å². The quantitative estimate of drug-likeness (QED) is 0.794. The number of ether oxygens (including phenoxy) is 2. The summed E-state index contributed by atoms with van der Waals surface area (Å²) in [6.45, 7) is 2.04. The summed E-state index contributed by atoms with van der Waals surface area (Å²) in [6, 6.07) is 11.1. The van der Waals surface area contributed by atoms with Crippen LogP contribution < -0.4 is 13.8 Å². The Labute approximate surface area is 141 Å². The summed E-state index contributed by atoms with van der Waals surface area (Å²) in [4.78, 5) is 0.187. The highest BCUT2D eigenvalue weighted by Gasteiger charge is 2.24. The van der Waals surface area contributed by atoms with Gasteiger partial charge in [0.1, 0.15) is 11.5 Å². The van der Waals surface area contributed by atoms with Crippen molar-refractivity contribution in [3.8, 4) is 11.5 Å². The third-order valence-corrected chi connectivity index (χ3v) is 5.57. The highest BCUT2D eigenvalue weighted by atomic mass is 35.5. The molecule has 23 heavy (non-hydrogen) atoms. The summed E-state index contributed by atoms with van der Waals surface area (Å²) in [6.07, 6.45) is 0. The minimum absolute atomic E-state index is 0.187. The SMILES string of the molecule is CCN(c1ccc(OC)c(Cl)c1)S(=O)(=O)c1ccc(OC)cc1. The summed E-state index contributed by atoms with van der Waals surface area (Å²) >= 11 is 6.10. The molecule has 0 heterocycles. The van der Waals surface area contributed by atoms with Crippen LogP contribution in [-0.2, 0) is 10.0 Å². The van der Waals surface area contributed by atoms with E-state index in [1.807, 2.05) is 0 Å². The van der Waals surface area contributed by atoms with Crippen molar-refractivity contribution in [3.05, 3.63) is 47.5 Å². The van der Waals surface area contributed by atoms with Crippen molar-refractivity contribution in [1.29, 1.82) is 0 Å². The number of hydrogen-bond acceptors (Lipinski definition) is 4. The fraction of sp³-hybridized carbons (Fsp3) is 0.250. The maximum absolute atomic E-state index is 12.8. The zero-order valence-corrected chi connectivity index (χ0v) is 14.7. The lowest BCUT2D eigenvalue weighted by atomic mass is 10.3. The number of halogens is 1. The van der Waals surface area contributed by atoms with Crippen molar-refractivity contribution < 1.29 is 17.9 Å². The summed E-state index contributed by atoms with van der Waals surface area (Å²) in [5.74, 6) is 1.09. The maximum atomic E-state index is 12.8. The van der Waals surface area contributed by atoms with Crippen LogP contribution in [0.4, 0.5) is 5.69 Å². The fourth-order valence-electron chi connectivity index (χ4n) is 2.18. The Morgan fingerprint density at radius 3 is 2.17 bits per heavy atom. The normalized spacial score (nSPS) is 11.1. The van der Waals surface area contributed by atoms with Crippen LogP contribution in [0.1, 0.15) is 6.92 Å². The number of benzene rings is 2. The van der Waals surface area contributed by atoms with E-state index >= 15 is 0 Å². The zero-order chi connectivity index (χ0) is 17.0. The first-order valence-corrected chi connectivity index (χ1v) is 8.76. The van der Waals surface area contributed by atoms with Crippen molar-refractivity contribution >= 4 is 27.3 Å². The lowest BCUT2D eigenvalue weighted by Crippen LogP contribution is -2.30. The molecule has 5 nitrogen and oxygen atoms in total. The predicted octanol–water partition coefficient (Wildman–Crippen LogP) is 3.57. The minimum Gasteiger partial charge on any atom is -0.497 e. The molecular formula is C16H18ClNO4S. The monoisotopic (exact) mass is 355 g/mol. The van der Waals surface area contributed by atoms with Gasteiger partial charge in [0.2, 0.25) is 0 Å². The molecule has 0 unspecified atom stereocenters. The van der Waals surface area contributed by atoms with E-state index in [0.29, 0.717) is 22.2 Å². The van der Waals surface area contributed by atoms with Crippen molar-refractivity contribution in [3.63, 3.8) is 0 Å². The molecule has 0 fully saturated rings. The number of sulfonamides is 1. The lowest BCUT2D eigenvalue weighted by molar-refractivity contribution is 0.414. The molecule has 0 atom stereocenters. The van der Waals surface area contributed by atoms with E-state index in [1.54, 1.807) is 37.3 Å². The summed E-state index contributed by atoms with van der Waals surface area (Å²) in [5.41, 5.74) is 0.481. The number of methoxy groups -OCH3 is 2. The molecule has 7 heteroatoms. The molecule has 2 rings (SSSR count). The van der Waals surface area contributed by atoms with Gasteiger partial charge in [0.15, 0.2) is 0 Å². The number of nitrogens with zero attached hydrogens (tertiary/aromatic N) is 1. The lowest BCUT2D eigenvalue weighted by Gasteiger charge is -2.23. The van der Waals surface area contributed by atoms with Crippen LogP contribution in [0.25, 0.3) is 0 Å². The molecule has 0 aliphatic carbocycles. The van der Waals surface area contributed by atoms with Crippen molar-refractivity contribution in [1.82, 2.24) is 0 Å². The molecule has 0 saturated heterocycles. The Morgan fingerprint density at radius 1 is 1.04 bits per heavy atom. The van der Waals surface area contributed by atoms with Crippen LogP contribution in [0.15, 0.2) is 47.4 Å².